The highest BCUT2D eigenvalue weighted by atomic mass is 32.1. The molecular formula is C18H22N2O4S. The van der Waals surface area contributed by atoms with E-state index in [2.05, 4.69) is 5.32 Å². The summed E-state index contributed by atoms with van der Waals surface area (Å²) < 4.78 is 0. The van der Waals surface area contributed by atoms with Crippen LogP contribution < -0.4 is 5.32 Å². The van der Waals surface area contributed by atoms with Gasteiger partial charge in [-0.25, -0.2) is 4.79 Å². The van der Waals surface area contributed by atoms with Crippen molar-refractivity contribution >= 4 is 23.3 Å². The van der Waals surface area contributed by atoms with Gasteiger partial charge in [-0.15, -0.1) is 11.3 Å². The summed E-state index contributed by atoms with van der Waals surface area (Å²) in [6.07, 6.45) is -0.377. The number of carboxylic acids is 1. The number of hydrogen-bond acceptors (Lipinski definition) is 4. The van der Waals surface area contributed by atoms with Crippen LogP contribution >= 0.6 is 11.3 Å². The molecule has 2 rings (SSSR count). The fourth-order valence-electron chi connectivity index (χ4n) is 2.35. The van der Waals surface area contributed by atoms with Crippen molar-refractivity contribution in [2.45, 2.75) is 25.5 Å². The number of nitrogens with zero attached hydrogens (tertiary/aromatic N) is 1. The molecule has 1 aromatic heterocycles. The van der Waals surface area contributed by atoms with Crippen LogP contribution in [0, 0.1) is 0 Å². The third-order valence-corrected chi connectivity index (χ3v) is 4.59. The fraction of sp³-hybridized carbons (Fsp3) is 0.333. The van der Waals surface area contributed by atoms with Gasteiger partial charge in [-0.05, 0) is 23.4 Å². The first-order chi connectivity index (χ1) is 12.1. The predicted molar refractivity (Wildman–Crippen MR) is 96.4 cm³/mol. The van der Waals surface area contributed by atoms with E-state index in [-0.39, 0.29) is 25.5 Å². The summed E-state index contributed by atoms with van der Waals surface area (Å²) in [7, 11) is 0. The quantitative estimate of drug-likeness (QED) is 0.598. The normalized spacial score (nSPS) is 11.7. The molecule has 0 saturated carbocycles. The number of rotatable bonds is 9. The minimum absolute atomic E-state index is 0.0107. The van der Waals surface area contributed by atoms with Crippen LogP contribution in [0.5, 0.6) is 0 Å². The molecule has 6 nitrogen and oxygen atoms in total. The molecule has 3 N–H and O–H groups in total. The van der Waals surface area contributed by atoms with Crippen LogP contribution in [0.2, 0.25) is 0 Å². The third kappa shape index (κ3) is 6.56. The van der Waals surface area contributed by atoms with Gasteiger partial charge in [-0.1, -0.05) is 36.4 Å². The van der Waals surface area contributed by atoms with Crippen LogP contribution in [0.4, 0.5) is 4.79 Å². The minimum Gasteiger partial charge on any atom is -0.481 e. The maximum atomic E-state index is 12.5. The Labute approximate surface area is 150 Å². The van der Waals surface area contributed by atoms with Crippen molar-refractivity contribution in [2.24, 2.45) is 0 Å². The molecule has 0 aliphatic rings. The van der Waals surface area contributed by atoms with Gasteiger partial charge in [0.15, 0.2) is 0 Å². The molecule has 0 aliphatic heterocycles. The second kappa shape index (κ2) is 9.80. The molecule has 2 amide bonds. The van der Waals surface area contributed by atoms with E-state index in [0.29, 0.717) is 13.0 Å². The summed E-state index contributed by atoms with van der Waals surface area (Å²) in [5.74, 6) is -0.886. The van der Waals surface area contributed by atoms with Crippen LogP contribution in [0.3, 0.4) is 0 Å². The molecule has 0 aliphatic carbocycles. The number of urea groups is 1. The number of aliphatic carboxylic acids is 1. The Hall–Kier alpha value is -2.38. The van der Waals surface area contributed by atoms with E-state index >= 15 is 0 Å². The monoisotopic (exact) mass is 362 g/mol. The maximum absolute atomic E-state index is 12.5. The number of hydrogen-bond donors (Lipinski definition) is 3. The van der Waals surface area contributed by atoms with E-state index in [1.807, 2.05) is 47.8 Å². The van der Waals surface area contributed by atoms with Crippen LogP contribution in [-0.2, 0) is 11.3 Å². The summed E-state index contributed by atoms with van der Waals surface area (Å²) in [6, 6.07) is 12.9. The highest BCUT2D eigenvalue weighted by molar-refractivity contribution is 7.10. The number of thiophene rings is 1. The number of aliphatic hydroxyl groups is 1. The molecule has 2 aromatic rings. The van der Waals surface area contributed by atoms with Gasteiger partial charge in [0.2, 0.25) is 0 Å². The van der Waals surface area contributed by atoms with Gasteiger partial charge in [0.25, 0.3) is 0 Å². The first-order valence-electron chi connectivity index (χ1n) is 8.06. The Morgan fingerprint density at radius 1 is 1.16 bits per heavy atom. The smallest absolute Gasteiger partial charge is 0.317 e. The van der Waals surface area contributed by atoms with Gasteiger partial charge in [-0.2, -0.15) is 0 Å². The minimum atomic E-state index is -0.886. The molecule has 0 radical (unpaired) electrons. The van der Waals surface area contributed by atoms with E-state index < -0.39 is 12.1 Å². The number of carbonyl (C=O) groups is 2. The first kappa shape index (κ1) is 19.0. The van der Waals surface area contributed by atoms with Crippen molar-refractivity contribution in [2.75, 3.05) is 13.1 Å². The Balaban J connectivity index is 1.97. The third-order valence-electron chi connectivity index (χ3n) is 3.61. The van der Waals surface area contributed by atoms with Crippen LogP contribution in [0.15, 0.2) is 47.8 Å². The highest BCUT2D eigenvalue weighted by Crippen LogP contribution is 2.20. The molecule has 134 valence electrons. The van der Waals surface area contributed by atoms with E-state index in [4.69, 9.17) is 5.11 Å². The van der Waals surface area contributed by atoms with Crippen LogP contribution in [0.1, 0.15) is 29.4 Å². The van der Waals surface area contributed by atoms with Gasteiger partial charge in [0.05, 0.1) is 6.54 Å². The second-order valence-corrected chi connectivity index (χ2v) is 6.61. The van der Waals surface area contributed by atoms with Crippen molar-refractivity contribution in [1.29, 1.82) is 0 Å². The van der Waals surface area contributed by atoms with E-state index in [9.17, 15) is 14.7 Å². The van der Waals surface area contributed by atoms with Crippen LogP contribution in [0.25, 0.3) is 0 Å². The summed E-state index contributed by atoms with van der Waals surface area (Å²) in [5, 5.41) is 23.6. The molecule has 7 heteroatoms. The molecule has 1 unspecified atom stereocenters. The number of carboxylic acid groups (broad SMARTS) is 1. The standard InChI is InChI=1S/C18H22N2O4S/c21-15(16-8-5-11-25-16)13-20(12-14-6-2-1-3-7-14)18(24)19-10-4-9-17(22)23/h1-3,5-8,11,15,21H,4,9-10,12-13H2,(H,19,24)(H,22,23). The molecule has 0 spiro atoms. The second-order valence-electron chi connectivity index (χ2n) is 5.63. The van der Waals surface area contributed by atoms with Crippen molar-refractivity contribution in [1.82, 2.24) is 10.2 Å². The summed E-state index contributed by atoms with van der Waals surface area (Å²) in [4.78, 5) is 25.3. The zero-order valence-corrected chi connectivity index (χ0v) is 14.6. The molecular weight excluding hydrogens is 340 g/mol. The van der Waals surface area contributed by atoms with Crippen LogP contribution in [-0.4, -0.2) is 40.2 Å². The maximum Gasteiger partial charge on any atom is 0.317 e. The Bertz CT molecular complexity index is 661. The number of carbonyl (C=O) groups excluding carboxylic acids is 1. The van der Waals surface area contributed by atoms with Gasteiger partial charge in [-0.3, -0.25) is 4.79 Å². The zero-order valence-electron chi connectivity index (χ0n) is 13.8. The fourth-order valence-corrected chi connectivity index (χ4v) is 3.05. The lowest BCUT2D eigenvalue weighted by atomic mass is 10.2. The number of aliphatic hydroxyl groups excluding tert-OH is 1. The van der Waals surface area contributed by atoms with E-state index in [0.717, 1.165) is 10.4 Å². The summed E-state index contributed by atoms with van der Waals surface area (Å²) in [6.45, 7) is 0.819. The molecule has 0 bridgehead atoms. The molecule has 1 heterocycles. The first-order valence-corrected chi connectivity index (χ1v) is 8.94. The molecule has 0 saturated heterocycles. The van der Waals surface area contributed by atoms with E-state index in [1.54, 1.807) is 4.90 Å². The molecule has 1 aromatic carbocycles. The predicted octanol–water partition coefficient (Wildman–Crippen LogP) is 2.86. The van der Waals surface area contributed by atoms with Gasteiger partial charge < -0.3 is 20.4 Å². The Kier molecular flexibility index (Phi) is 7.43. The topological polar surface area (TPSA) is 89.9 Å². The highest BCUT2D eigenvalue weighted by Gasteiger charge is 2.19. The average Bonchev–Trinajstić information content (AvgIpc) is 3.13. The number of benzene rings is 1. The number of amides is 2. The van der Waals surface area contributed by atoms with Crippen molar-refractivity contribution < 1.29 is 19.8 Å². The Morgan fingerprint density at radius 3 is 2.56 bits per heavy atom. The summed E-state index contributed by atoms with van der Waals surface area (Å²) in [5.41, 5.74) is 0.960. The summed E-state index contributed by atoms with van der Waals surface area (Å²) >= 11 is 1.44. The molecule has 0 fully saturated rings. The lowest BCUT2D eigenvalue weighted by molar-refractivity contribution is -0.137. The van der Waals surface area contributed by atoms with Gasteiger partial charge in [0.1, 0.15) is 6.10 Å². The van der Waals surface area contributed by atoms with Gasteiger partial charge in [0, 0.05) is 24.4 Å². The molecule has 25 heavy (non-hydrogen) atoms. The number of nitrogens with one attached hydrogen (secondary N) is 1. The average molecular weight is 362 g/mol. The molecule has 1 atom stereocenters. The lowest BCUT2D eigenvalue weighted by Crippen LogP contribution is -2.42. The lowest BCUT2D eigenvalue weighted by Gasteiger charge is -2.25. The zero-order chi connectivity index (χ0) is 18.1. The van der Waals surface area contributed by atoms with E-state index in [1.165, 1.54) is 11.3 Å². The Morgan fingerprint density at radius 2 is 1.92 bits per heavy atom. The van der Waals surface area contributed by atoms with Gasteiger partial charge >= 0.3 is 12.0 Å². The largest absolute Gasteiger partial charge is 0.481 e. The van der Waals surface area contributed by atoms with Crippen molar-refractivity contribution in [3.8, 4) is 0 Å². The van der Waals surface area contributed by atoms with Crippen molar-refractivity contribution in [3.63, 3.8) is 0 Å². The SMILES string of the molecule is O=C(O)CCCNC(=O)N(Cc1ccccc1)CC(O)c1cccs1. The van der Waals surface area contributed by atoms with Crippen molar-refractivity contribution in [3.05, 3.63) is 58.3 Å².